The van der Waals surface area contributed by atoms with Crippen molar-refractivity contribution in [3.05, 3.63) is 83.4 Å². The molecule has 1 saturated heterocycles. The molecule has 1 aliphatic heterocycles. The van der Waals surface area contributed by atoms with E-state index in [1.807, 2.05) is 44.2 Å². The van der Waals surface area contributed by atoms with Crippen LogP contribution < -0.4 is 0 Å². The van der Waals surface area contributed by atoms with Gasteiger partial charge in [-0.2, -0.15) is 0 Å². The van der Waals surface area contributed by atoms with Crippen LogP contribution in [0.3, 0.4) is 0 Å². The number of carbonyl (C=O) groups is 2. The molecule has 33 heavy (non-hydrogen) atoms. The van der Waals surface area contributed by atoms with E-state index in [-0.39, 0.29) is 11.8 Å². The first-order valence-electron chi connectivity index (χ1n) is 11.0. The predicted molar refractivity (Wildman–Crippen MR) is 125 cm³/mol. The van der Waals surface area contributed by atoms with Crippen molar-refractivity contribution in [3.63, 3.8) is 0 Å². The number of fused-ring (bicyclic) bond motifs is 1. The number of piperazine rings is 1. The first kappa shape index (κ1) is 20.9. The van der Waals surface area contributed by atoms with Gasteiger partial charge in [0.25, 0.3) is 11.8 Å². The van der Waals surface area contributed by atoms with Gasteiger partial charge in [0.05, 0.1) is 28.7 Å². The molecule has 2 amide bonds. The fourth-order valence-electron chi connectivity index (χ4n) is 4.34. The van der Waals surface area contributed by atoms with Crippen LogP contribution in [0, 0.1) is 13.8 Å². The Bertz CT molecular complexity index is 1320. The maximum Gasteiger partial charge on any atom is 0.289 e. The van der Waals surface area contributed by atoms with Crippen LogP contribution in [0.5, 0.6) is 0 Å². The van der Waals surface area contributed by atoms with E-state index in [1.165, 1.54) is 6.26 Å². The summed E-state index contributed by atoms with van der Waals surface area (Å²) in [5.74, 6) is 0.112. The Morgan fingerprint density at radius 2 is 1.64 bits per heavy atom. The fourth-order valence-corrected chi connectivity index (χ4v) is 4.34. The second kappa shape index (κ2) is 8.50. The average Bonchev–Trinajstić information content (AvgIpc) is 3.38. The molecule has 0 saturated carbocycles. The molecule has 0 aliphatic carbocycles. The normalized spacial score (nSPS) is 14.0. The maximum atomic E-state index is 13.7. The number of amides is 2. The molecule has 7 nitrogen and oxygen atoms in total. The summed E-state index contributed by atoms with van der Waals surface area (Å²) < 4.78 is 5.23. The number of nitrogens with zero attached hydrogens (tertiary/aromatic N) is 4. The number of aromatic nitrogens is 2. The number of furan rings is 1. The summed E-state index contributed by atoms with van der Waals surface area (Å²) in [7, 11) is 0. The van der Waals surface area contributed by atoms with Crippen molar-refractivity contribution in [2.24, 2.45) is 0 Å². The summed E-state index contributed by atoms with van der Waals surface area (Å²) in [4.78, 5) is 39.1. The van der Waals surface area contributed by atoms with Crippen LogP contribution in [0.4, 0.5) is 0 Å². The van der Waals surface area contributed by atoms with Crippen molar-refractivity contribution in [3.8, 4) is 11.4 Å². The molecule has 0 radical (unpaired) electrons. The van der Waals surface area contributed by atoms with E-state index < -0.39 is 0 Å². The predicted octanol–water partition coefficient (Wildman–Crippen LogP) is 4.10. The number of benzene rings is 1. The quantitative estimate of drug-likeness (QED) is 0.479. The largest absolute Gasteiger partial charge is 0.459 e. The minimum atomic E-state index is -0.148. The number of aryl methyl sites for hydroxylation is 2. The minimum absolute atomic E-state index is 0.0605. The number of hydrogen-bond donors (Lipinski definition) is 0. The Labute approximate surface area is 191 Å². The molecule has 5 rings (SSSR count). The van der Waals surface area contributed by atoms with Gasteiger partial charge in [-0.3, -0.25) is 14.6 Å². The average molecular weight is 441 g/mol. The molecule has 0 spiro atoms. The zero-order chi connectivity index (χ0) is 22.9. The molecule has 3 aromatic heterocycles. The van der Waals surface area contributed by atoms with Crippen molar-refractivity contribution < 1.29 is 14.0 Å². The van der Waals surface area contributed by atoms with Crippen molar-refractivity contribution in [2.45, 2.75) is 13.8 Å². The van der Waals surface area contributed by atoms with Crippen molar-refractivity contribution in [2.75, 3.05) is 26.2 Å². The molecule has 1 aromatic carbocycles. The van der Waals surface area contributed by atoms with Gasteiger partial charge in [0.1, 0.15) is 0 Å². The lowest BCUT2D eigenvalue weighted by molar-refractivity contribution is 0.0519. The number of pyridine rings is 2. The summed E-state index contributed by atoms with van der Waals surface area (Å²) in [6.45, 7) is 5.86. The van der Waals surface area contributed by atoms with Gasteiger partial charge >= 0.3 is 0 Å². The first-order valence-corrected chi connectivity index (χ1v) is 11.0. The summed E-state index contributed by atoms with van der Waals surface area (Å²) >= 11 is 0. The van der Waals surface area contributed by atoms with Gasteiger partial charge in [-0.1, -0.05) is 17.7 Å². The second-order valence-electron chi connectivity index (χ2n) is 8.31. The van der Waals surface area contributed by atoms with E-state index in [2.05, 4.69) is 11.1 Å². The third kappa shape index (κ3) is 3.98. The first-order chi connectivity index (χ1) is 16.0. The summed E-state index contributed by atoms with van der Waals surface area (Å²) in [5.41, 5.74) is 4.91. The molecule has 4 aromatic rings. The van der Waals surface area contributed by atoms with Gasteiger partial charge in [0.15, 0.2) is 5.76 Å². The molecule has 1 fully saturated rings. The van der Waals surface area contributed by atoms with Crippen molar-refractivity contribution in [1.29, 1.82) is 0 Å². The van der Waals surface area contributed by atoms with E-state index in [0.717, 1.165) is 27.7 Å². The molecule has 1 aliphatic rings. The number of rotatable bonds is 3. The van der Waals surface area contributed by atoms with E-state index in [0.29, 0.717) is 43.2 Å². The van der Waals surface area contributed by atoms with E-state index in [1.54, 1.807) is 28.1 Å². The van der Waals surface area contributed by atoms with Crippen LogP contribution in [0.15, 0.2) is 65.4 Å². The highest BCUT2D eigenvalue weighted by Gasteiger charge is 2.28. The Kier molecular flexibility index (Phi) is 5.38. The van der Waals surface area contributed by atoms with Crippen LogP contribution in [-0.2, 0) is 0 Å². The topological polar surface area (TPSA) is 79.5 Å². The number of carbonyl (C=O) groups excluding carboxylic acids is 2. The highest BCUT2D eigenvalue weighted by Crippen LogP contribution is 2.28. The molecule has 0 unspecified atom stereocenters. The SMILES string of the molecule is Cc1cc(C)c2nc(-c3ccccn3)cc(C(=O)N3CCN(C(=O)c4ccco4)CC3)c2c1. The van der Waals surface area contributed by atoms with Crippen molar-refractivity contribution in [1.82, 2.24) is 19.8 Å². The van der Waals surface area contributed by atoms with Gasteiger partial charge in [0.2, 0.25) is 0 Å². The summed E-state index contributed by atoms with van der Waals surface area (Å²) in [5, 5.41) is 0.839. The molecule has 7 heteroatoms. The molecule has 4 heterocycles. The van der Waals surface area contributed by atoms with Gasteiger partial charge < -0.3 is 14.2 Å². The van der Waals surface area contributed by atoms with Crippen molar-refractivity contribution >= 4 is 22.7 Å². The molecule has 166 valence electrons. The van der Waals surface area contributed by atoms with Crippen LogP contribution in [0.25, 0.3) is 22.3 Å². The van der Waals surface area contributed by atoms with Crippen LogP contribution >= 0.6 is 0 Å². The summed E-state index contributed by atoms with van der Waals surface area (Å²) in [6.07, 6.45) is 3.21. The third-order valence-corrected chi connectivity index (χ3v) is 5.99. The van der Waals surface area contributed by atoms with Gasteiger partial charge in [-0.25, -0.2) is 4.98 Å². The smallest absolute Gasteiger partial charge is 0.289 e. The molecular formula is C26H24N4O3. The third-order valence-electron chi connectivity index (χ3n) is 5.99. The highest BCUT2D eigenvalue weighted by atomic mass is 16.3. The van der Waals surface area contributed by atoms with E-state index in [4.69, 9.17) is 9.40 Å². The van der Waals surface area contributed by atoms with Crippen LogP contribution in [-0.4, -0.2) is 57.8 Å². The second-order valence-corrected chi connectivity index (χ2v) is 8.31. The highest BCUT2D eigenvalue weighted by molar-refractivity contribution is 6.08. The Balaban J connectivity index is 1.47. The van der Waals surface area contributed by atoms with Crippen LogP contribution in [0.1, 0.15) is 32.0 Å². The molecular weight excluding hydrogens is 416 g/mol. The lowest BCUT2D eigenvalue weighted by atomic mass is 9.99. The number of hydrogen-bond acceptors (Lipinski definition) is 5. The molecule has 0 bridgehead atoms. The Morgan fingerprint density at radius 1 is 0.879 bits per heavy atom. The van der Waals surface area contributed by atoms with Crippen LogP contribution in [0.2, 0.25) is 0 Å². The zero-order valence-corrected chi connectivity index (χ0v) is 18.6. The Hall–Kier alpha value is -4.00. The lowest BCUT2D eigenvalue weighted by Gasteiger charge is -2.34. The van der Waals surface area contributed by atoms with E-state index >= 15 is 0 Å². The van der Waals surface area contributed by atoms with Gasteiger partial charge in [0, 0.05) is 37.8 Å². The minimum Gasteiger partial charge on any atom is -0.459 e. The Morgan fingerprint density at radius 3 is 2.30 bits per heavy atom. The lowest BCUT2D eigenvalue weighted by Crippen LogP contribution is -2.50. The van der Waals surface area contributed by atoms with Gasteiger partial charge in [-0.15, -0.1) is 0 Å². The fraction of sp³-hybridized carbons (Fsp3) is 0.231. The standard InChI is InChI=1S/C26H24N4O3/c1-17-14-18(2)24-19(15-17)20(16-22(28-24)21-6-3-4-8-27-21)25(31)29-9-11-30(12-10-29)26(32)23-7-5-13-33-23/h3-8,13-16H,9-12H2,1-2H3. The monoisotopic (exact) mass is 440 g/mol. The van der Waals surface area contributed by atoms with Gasteiger partial charge in [-0.05, 0) is 55.8 Å². The molecule has 0 N–H and O–H groups in total. The summed E-state index contributed by atoms with van der Waals surface area (Å²) in [6, 6.07) is 14.9. The van der Waals surface area contributed by atoms with E-state index in [9.17, 15) is 9.59 Å². The zero-order valence-electron chi connectivity index (χ0n) is 18.6. The molecule has 0 atom stereocenters. The maximum absolute atomic E-state index is 13.7.